The maximum absolute atomic E-state index is 13.8. The van der Waals surface area contributed by atoms with Gasteiger partial charge in [0, 0.05) is 34.9 Å². The summed E-state index contributed by atoms with van der Waals surface area (Å²) in [6.07, 6.45) is 2.82. The number of methoxy groups -OCH3 is 1. The molecule has 6 rings (SSSR count). The van der Waals surface area contributed by atoms with Crippen molar-refractivity contribution in [3.05, 3.63) is 100.0 Å². The topological polar surface area (TPSA) is 88.1 Å². The lowest BCUT2D eigenvalue weighted by atomic mass is 10.0. The molecule has 0 aliphatic heterocycles. The molecule has 0 aliphatic rings. The Bertz CT molecular complexity index is 1820. The Labute approximate surface area is 223 Å². The van der Waals surface area contributed by atoms with Gasteiger partial charge in [0.2, 0.25) is 5.13 Å². The highest BCUT2D eigenvalue weighted by Crippen LogP contribution is 2.27. The first-order chi connectivity index (χ1) is 18.5. The minimum atomic E-state index is -0.168. The summed E-state index contributed by atoms with van der Waals surface area (Å²) in [4.78, 5) is 26.7. The Morgan fingerprint density at radius 3 is 2.71 bits per heavy atom. The van der Waals surface area contributed by atoms with Crippen LogP contribution in [0.15, 0.2) is 82.7 Å². The van der Waals surface area contributed by atoms with Gasteiger partial charge in [-0.3, -0.25) is 14.9 Å². The number of aromatic nitrogens is 4. The SMILES string of the molecule is COc1ccc(-c2[nH]n(-c3nc4ccccc4s3)c(=O)c2C(C)=NCCc2c[nH]c3ccc(C)cc23)cc1. The summed E-state index contributed by atoms with van der Waals surface area (Å²) >= 11 is 1.48. The van der Waals surface area contributed by atoms with Gasteiger partial charge in [0.1, 0.15) is 5.75 Å². The van der Waals surface area contributed by atoms with E-state index in [2.05, 4.69) is 35.2 Å². The molecular weight excluding hydrogens is 494 g/mol. The van der Waals surface area contributed by atoms with Gasteiger partial charge in [-0.25, -0.2) is 4.98 Å². The van der Waals surface area contributed by atoms with E-state index in [0.29, 0.717) is 28.6 Å². The zero-order valence-electron chi connectivity index (χ0n) is 21.4. The second-order valence-electron chi connectivity index (χ2n) is 9.28. The van der Waals surface area contributed by atoms with Crippen LogP contribution in [0.25, 0.3) is 37.5 Å². The standard InChI is InChI=1S/C30H27N5O2S/c1-18-8-13-24-23(16-18)21(17-32-24)14-15-31-19(2)27-28(20-9-11-22(37-3)12-10-20)34-35(29(27)36)30-33-25-6-4-5-7-26(25)38-30/h4-13,16-17,32,34H,14-15H2,1-3H3. The third kappa shape index (κ3) is 4.33. The summed E-state index contributed by atoms with van der Waals surface area (Å²) in [5.41, 5.74) is 7.08. The van der Waals surface area contributed by atoms with Crippen molar-refractivity contribution in [3.63, 3.8) is 0 Å². The molecule has 0 spiro atoms. The first kappa shape index (κ1) is 23.9. The van der Waals surface area contributed by atoms with Gasteiger partial charge in [-0.15, -0.1) is 0 Å². The van der Waals surface area contributed by atoms with E-state index in [4.69, 9.17) is 14.7 Å². The van der Waals surface area contributed by atoms with Crippen molar-refractivity contribution >= 4 is 38.2 Å². The highest BCUT2D eigenvalue weighted by molar-refractivity contribution is 7.20. The van der Waals surface area contributed by atoms with E-state index in [1.165, 1.54) is 32.5 Å². The number of rotatable bonds is 7. The van der Waals surface area contributed by atoms with Gasteiger partial charge in [0.25, 0.3) is 5.56 Å². The van der Waals surface area contributed by atoms with E-state index in [9.17, 15) is 4.79 Å². The first-order valence-corrected chi connectivity index (χ1v) is 13.3. The molecule has 0 radical (unpaired) electrons. The molecule has 0 saturated heterocycles. The predicted molar refractivity (Wildman–Crippen MR) is 155 cm³/mol. The number of para-hydroxylation sites is 1. The maximum atomic E-state index is 13.8. The number of hydrogen-bond donors (Lipinski definition) is 2. The molecule has 3 aromatic heterocycles. The molecular formula is C30H27N5O2S. The summed E-state index contributed by atoms with van der Waals surface area (Å²) < 4.78 is 7.88. The summed E-state index contributed by atoms with van der Waals surface area (Å²) in [6.45, 7) is 4.57. The number of aromatic amines is 2. The fourth-order valence-electron chi connectivity index (χ4n) is 4.75. The molecule has 0 fully saturated rings. The van der Waals surface area contributed by atoms with Crippen LogP contribution < -0.4 is 10.3 Å². The van der Waals surface area contributed by atoms with Crippen molar-refractivity contribution in [2.75, 3.05) is 13.7 Å². The monoisotopic (exact) mass is 521 g/mol. The van der Waals surface area contributed by atoms with E-state index >= 15 is 0 Å². The summed E-state index contributed by atoms with van der Waals surface area (Å²) in [5, 5.41) is 5.14. The molecule has 0 amide bonds. The number of ether oxygens (including phenoxy) is 1. The molecule has 3 aromatic carbocycles. The summed E-state index contributed by atoms with van der Waals surface area (Å²) in [7, 11) is 1.64. The zero-order chi connectivity index (χ0) is 26.2. The maximum Gasteiger partial charge on any atom is 0.283 e. The van der Waals surface area contributed by atoms with Crippen molar-refractivity contribution < 1.29 is 4.74 Å². The quantitative estimate of drug-likeness (QED) is 0.242. The third-order valence-electron chi connectivity index (χ3n) is 6.76. The van der Waals surface area contributed by atoms with E-state index in [0.717, 1.165) is 33.5 Å². The molecule has 8 heteroatoms. The fourth-order valence-corrected chi connectivity index (χ4v) is 5.68. The zero-order valence-corrected chi connectivity index (χ0v) is 22.2. The van der Waals surface area contributed by atoms with Crippen molar-refractivity contribution in [2.45, 2.75) is 20.3 Å². The van der Waals surface area contributed by atoms with Crippen molar-refractivity contribution in [2.24, 2.45) is 4.99 Å². The highest BCUT2D eigenvalue weighted by Gasteiger charge is 2.21. The Morgan fingerprint density at radius 2 is 1.92 bits per heavy atom. The minimum Gasteiger partial charge on any atom is -0.497 e. The van der Waals surface area contributed by atoms with Crippen LogP contribution >= 0.6 is 11.3 Å². The van der Waals surface area contributed by atoms with Crippen LogP contribution in [0.5, 0.6) is 5.75 Å². The molecule has 0 atom stereocenters. The average molecular weight is 522 g/mol. The number of nitrogens with one attached hydrogen (secondary N) is 2. The summed E-state index contributed by atoms with van der Waals surface area (Å²) in [5.74, 6) is 0.752. The number of aryl methyl sites for hydroxylation is 1. The molecule has 0 aliphatic carbocycles. The molecule has 6 aromatic rings. The second-order valence-corrected chi connectivity index (χ2v) is 10.3. The molecule has 0 saturated carbocycles. The molecule has 38 heavy (non-hydrogen) atoms. The third-order valence-corrected chi connectivity index (χ3v) is 7.78. The van der Waals surface area contributed by atoms with Gasteiger partial charge in [-0.05, 0) is 74.4 Å². The number of nitrogens with zero attached hydrogens (tertiary/aromatic N) is 3. The molecule has 2 N–H and O–H groups in total. The lowest BCUT2D eigenvalue weighted by molar-refractivity contribution is 0.415. The second kappa shape index (κ2) is 9.79. The Balaban J connectivity index is 1.39. The largest absolute Gasteiger partial charge is 0.497 e. The van der Waals surface area contributed by atoms with Crippen LogP contribution in [0, 0.1) is 6.92 Å². The van der Waals surface area contributed by atoms with Crippen LogP contribution in [0.3, 0.4) is 0 Å². The Morgan fingerprint density at radius 1 is 1.11 bits per heavy atom. The normalized spacial score (nSPS) is 12.0. The van der Waals surface area contributed by atoms with Gasteiger partial charge in [-0.1, -0.05) is 35.1 Å². The van der Waals surface area contributed by atoms with Crippen LogP contribution in [0.2, 0.25) is 0 Å². The molecule has 0 bridgehead atoms. The molecule has 3 heterocycles. The average Bonchev–Trinajstić information content (AvgIpc) is 3.63. The van der Waals surface area contributed by atoms with Crippen molar-refractivity contribution in [1.82, 2.24) is 19.7 Å². The van der Waals surface area contributed by atoms with Crippen molar-refractivity contribution in [3.8, 4) is 22.1 Å². The lowest BCUT2D eigenvalue weighted by Crippen LogP contribution is -2.19. The molecule has 190 valence electrons. The van der Waals surface area contributed by atoms with Crippen LogP contribution in [0.1, 0.15) is 23.6 Å². The minimum absolute atomic E-state index is 0.168. The van der Waals surface area contributed by atoms with E-state index in [1.807, 2.05) is 61.7 Å². The van der Waals surface area contributed by atoms with Crippen LogP contribution in [-0.4, -0.2) is 39.1 Å². The van der Waals surface area contributed by atoms with E-state index in [1.54, 1.807) is 7.11 Å². The Hall–Kier alpha value is -4.43. The highest BCUT2D eigenvalue weighted by atomic mass is 32.1. The van der Waals surface area contributed by atoms with Gasteiger partial charge in [0.05, 0.1) is 28.6 Å². The van der Waals surface area contributed by atoms with Gasteiger partial charge < -0.3 is 9.72 Å². The number of hydrogen-bond acceptors (Lipinski definition) is 5. The molecule has 0 unspecified atom stereocenters. The number of thiazole rings is 1. The lowest BCUT2D eigenvalue weighted by Gasteiger charge is -2.05. The fraction of sp³-hybridized carbons (Fsp3) is 0.167. The van der Waals surface area contributed by atoms with Crippen LogP contribution in [-0.2, 0) is 6.42 Å². The Kier molecular flexibility index (Phi) is 6.17. The first-order valence-electron chi connectivity index (χ1n) is 12.5. The number of fused-ring (bicyclic) bond motifs is 2. The predicted octanol–water partition coefficient (Wildman–Crippen LogP) is 6.29. The van der Waals surface area contributed by atoms with E-state index in [-0.39, 0.29) is 5.56 Å². The number of aliphatic imine (C=N–C) groups is 1. The smallest absolute Gasteiger partial charge is 0.283 e. The van der Waals surface area contributed by atoms with E-state index < -0.39 is 0 Å². The van der Waals surface area contributed by atoms with Gasteiger partial charge in [0.15, 0.2) is 0 Å². The number of H-pyrrole nitrogens is 2. The summed E-state index contributed by atoms with van der Waals surface area (Å²) in [6, 6.07) is 21.9. The van der Waals surface area contributed by atoms with Crippen molar-refractivity contribution in [1.29, 1.82) is 0 Å². The number of benzene rings is 3. The van der Waals surface area contributed by atoms with Gasteiger partial charge in [-0.2, -0.15) is 4.68 Å². The molecule has 7 nitrogen and oxygen atoms in total. The van der Waals surface area contributed by atoms with Crippen LogP contribution in [0.4, 0.5) is 0 Å². The van der Waals surface area contributed by atoms with Gasteiger partial charge >= 0.3 is 0 Å².